The topological polar surface area (TPSA) is 153 Å². The number of carbonyl (C=O) groups is 3. The fourth-order valence-electron chi connectivity index (χ4n) is 5.79. The summed E-state index contributed by atoms with van der Waals surface area (Å²) in [5, 5.41) is 13.8. The Morgan fingerprint density at radius 1 is 1.08 bits per heavy atom. The molecule has 0 radical (unpaired) electrons. The molecule has 3 atom stereocenters. The number of imide groups is 1. The number of benzene rings is 1. The number of fused-ring (bicyclic) bond motifs is 4. The van der Waals surface area contributed by atoms with Crippen molar-refractivity contribution in [1.29, 1.82) is 0 Å². The van der Waals surface area contributed by atoms with Crippen LogP contribution < -0.4 is 20.3 Å². The summed E-state index contributed by atoms with van der Waals surface area (Å²) in [5.74, 6) is 0.398. The number of nitrogens with zero attached hydrogens (tertiary/aromatic N) is 4. The van der Waals surface area contributed by atoms with Crippen LogP contribution in [0.4, 0.5) is 10.5 Å². The molecule has 4 heterocycles. The first-order chi connectivity index (χ1) is 18.7. The number of carbonyl (C=O) groups excluding carboxylic acids is 3. The largest absolute Gasteiger partial charge is 0.493 e. The van der Waals surface area contributed by atoms with Crippen molar-refractivity contribution < 1.29 is 28.8 Å². The predicted octanol–water partition coefficient (Wildman–Crippen LogP) is 1.62. The van der Waals surface area contributed by atoms with Crippen LogP contribution in [0.25, 0.3) is 0 Å². The molecule has 13 nitrogen and oxygen atoms in total. The van der Waals surface area contributed by atoms with Crippen LogP contribution in [0.2, 0.25) is 0 Å². The molecule has 0 saturated carbocycles. The van der Waals surface area contributed by atoms with Crippen LogP contribution in [0.15, 0.2) is 35.1 Å². The Labute approximate surface area is 223 Å². The van der Waals surface area contributed by atoms with Crippen molar-refractivity contribution in [1.82, 2.24) is 19.7 Å². The highest BCUT2D eigenvalue weighted by Gasteiger charge is 2.40. The molecular formula is C26H29N5O8. The highest BCUT2D eigenvalue weighted by Crippen LogP contribution is 2.36. The lowest BCUT2D eigenvalue weighted by Gasteiger charge is -2.42. The van der Waals surface area contributed by atoms with Gasteiger partial charge in [-0.05, 0) is 42.5 Å². The number of likely N-dealkylation sites (tertiary alicyclic amines) is 1. The second-order valence-electron chi connectivity index (χ2n) is 10.1. The molecule has 5 rings (SSSR count). The van der Waals surface area contributed by atoms with Gasteiger partial charge in [-0.1, -0.05) is 6.07 Å². The molecule has 3 aliphatic rings. The first-order valence-electron chi connectivity index (χ1n) is 12.7. The number of piperidine rings is 1. The van der Waals surface area contributed by atoms with E-state index in [0.717, 1.165) is 11.3 Å². The minimum Gasteiger partial charge on any atom is -0.493 e. The molecule has 2 aromatic rings. The van der Waals surface area contributed by atoms with Gasteiger partial charge >= 0.3 is 17.3 Å². The van der Waals surface area contributed by atoms with Gasteiger partial charge in [0.15, 0.2) is 11.5 Å². The van der Waals surface area contributed by atoms with E-state index in [2.05, 4.69) is 5.32 Å². The van der Waals surface area contributed by atoms with E-state index in [4.69, 9.17) is 9.47 Å². The van der Waals surface area contributed by atoms with E-state index < -0.39 is 34.2 Å². The monoisotopic (exact) mass is 539 g/mol. The van der Waals surface area contributed by atoms with Gasteiger partial charge in [-0.15, -0.1) is 0 Å². The molecule has 1 N–H and O–H groups in total. The van der Waals surface area contributed by atoms with E-state index in [1.165, 1.54) is 24.9 Å². The molecule has 39 heavy (non-hydrogen) atoms. The van der Waals surface area contributed by atoms with E-state index in [-0.39, 0.29) is 37.1 Å². The fraction of sp³-hybridized carbons (Fsp3) is 0.462. The number of hydrogen-bond acceptors (Lipinski definition) is 8. The standard InChI is InChI=1S/C26H29N5O8/c1-38-21-7-3-15(10-22(21)39-2)12-30-24(33)18(27-26(30)35)4-8-23(32)28-11-16-9-17(14-28)19-5-6-20(31(36)37)25(34)29(19)13-16/h3,5-7,10,16-18H,4,8-9,11-14H2,1-2H3,(H,27,35). The third-order valence-corrected chi connectivity index (χ3v) is 7.68. The number of aromatic nitrogens is 1. The molecule has 2 saturated heterocycles. The van der Waals surface area contributed by atoms with Crippen LogP contribution >= 0.6 is 0 Å². The quantitative estimate of drug-likeness (QED) is 0.302. The molecule has 1 aromatic carbocycles. The molecular weight excluding hydrogens is 510 g/mol. The zero-order chi connectivity index (χ0) is 27.8. The summed E-state index contributed by atoms with van der Waals surface area (Å²) in [6, 6.07) is 6.67. The second kappa shape index (κ2) is 10.4. The molecule has 2 bridgehead atoms. The van der Waals surface area contributed by atoms with Gasteiger partial charge in [0.1, 0.15) is 6.04 Å². The highest BCUT2D eigenvalue weighted by molar-refractivity contribution is 6.04. The average Bonchev–Trinajstić information content (AvgIpc) is 3.19. The number of nitrogens with one attached hydrogen (secondary N) is 1. The van der Waals surface area contributed by atoms with Crippen molar-refractivity contribution in [2.45, 2.75) is 44.3 Å². The first-order valence-corrected chi connectivity index (χ1v) is 12.7. The van der Waals surface area contributed by atoms with E-state index in [0.29, 0.717) is 42.4 Å². The minimum absolute atomic E-state index is 0.00435. The molecule has 206 valence electrons. The van der Waals surface area contributed by atoms with Gasteiger partial charge in [0.2, 0.25) is 5.91 Å². The molecule has 3 aliphatic heterocycles. The van der Waals surface area contributed by atoms with Gasteiger partial charge in [0, 0.05) is 43.7 Å². The van der Waals surface area contributed by atoms with Crippen LogP contribution in [0.5, 0.6) is 11.5 Å². The number of amides is 4. The second-order valence-corrected chi connectivity index (χ2v) is 10.1. The lowest BCUT2D eigenvalue weighted by molar-refractivity contribution is -0.386. The highest BCUT2D eigenvalue weighted by atomic mass is 16.6. The smallest absolute Gasteiger partial charge is 0.334 e. The molecule has 4 amide bonds. The molecule has 1 aromatic heterocycles. The average molecular weight is 540 g/mol. The van der Waals surface area contributed by atoms with Crippen molar-refractivity contribution in [3.63, 3.8) is 0 Å². The number of urea groups is 1. The van der Waals surface area contributed by atoms with E-state index in [9.17, 15) is 29.3 Å². The SMILES string of the molecule is COc1ccc(CN2C(=O)NC(CCC(=O)N3CC4CC(C3)c3ccc([N+](=O)[O-])c(=O)n3C4)C2=O)cc1OC. The first kappa shape index (κ1) is 26.2. The Bertz CT molecular complexity index is 1410. The summed E-state index contributed by atoms with van der Waals surface area (Å²) >= 11 is 0. The lowest BCUT2D eigenvalue weighted by atomic mass is 9.83. The van der Waals surface area contributed by atoms with Crippen molar-refractivity contribution in [3.05, 3.63) is 62.1 Å². The minimum atomic E-state index is -0.800. The Morgan fingerprint density at radius 2 is 1.85 bits per heavy atom. The van der Waals surface area contributed by atoms with Crippen molar-refractivity contribution in [2.75, 3.05) is 27.3 Å². The zero-order valence-corrected chi connectivity index (χ0v) is 21.6. The van der Waals surface area contributed by atoms with Gasteiger partial charge in [-0.2, -0.15) is 0 Å². The number of hydrogen-bond donors (Lipinski definition) is 1. The number of methoxy groups -OCH3 is 2. The summed E-state index contributed by atoms with van der Waals surface area (Å²) in [6.45, 7) is 1.20. The Balaban J connectivity index is 1.20. The summed E-state index contributed by atoms with van der Waals surface area (Å²) in [6.07, 6.45) is 1.04. The van der Waals surface area contributed by atoms with Gasteiger partial charge < -0.3 is 24.3 Å². The zero-order valence-electron chi connectivity index (χ0n) is 21.6. The summed E-state index contributed by atoms with van der Waals surface area (Å²) < 4.78 is 12.0. The van der Waals surface area contributed by atoms with Gasteiger partial charge in [0.05, 0.1) is 25.7 Å². The number of ether oxygens (including phenoxy) is 2. The molecule has 0 aliphatic carbocycles. The van der Waals surface area contributed by atoms with Crippen molar-refractivity contribution in [2.24, 2.45) is 5.92 Å². The number of rotatable bonds is 8. The Morgan fingerprint density at radius 3 is 2.56 bits per heavy atom. The maximum Gasteiger partial charge on any atom is 0.334 e. The maximum atomic E-state index is 13.1. The fourth-order valence-corrected chi connectivity index (χ4v) is 5.79. The predicted molar refractivity (Wildman–Crippen MR) is 136 cm³/mol. The third-order valence-electron chi connectivity index (χ3n) is 7.68. The Hall–Kier alpha value is -4.42. The van der Waals surface area contributed by atoms with Gasteiger partial charge in [-0.3, -0.25) is 29.4 Å². The van der Waals surface area contributed by atoms with Gasteiger partial charge in [-0.25, -0.2) is 4.79 Å². The van der Waals surface area contributed by atoms with E-state index in [1.54, 1.807) is 29.2 Å². The van der Waals surface area contributed by atoms with Crippen molar-refractivity contribution in [3.8, 4) is 11.5 Å². The normalized spacial score (nSPS) is 21.8. The van der Waals surface area contributed by atoms with Crippen molar-refractivity contribution >= 4 is 23.5 Å². The Kier molecular flexibility index (Phi) is 6.98. The van der Waals surface area contributed by atoms with Crippen LogP contribution in [0, 0.1) is 16.0 Å². The van der Waals surface area contributed by atoms with Crippen LogP contribution in [-0.4, -0.2) is 70.5 Å². The maximum absolute atomic E-state index is 13.1. The molecule has 0 spiro atoms. The van der Waals surface area contributed by atoms with Crippen LogP contribution in [0.3, 0.4) is 0 Å². The molecule has 3 unspecified atom stereocenters. The summed E-state index contributed by atoms with van der Waals surface area (Å²) in [7, 11) is 3.02. The molecule has 2 fully saturated rings. The third kappa shape index (κ3) is 4.91. The number of pyridine rings is 1. The van der Waals surface area contributed by atoms with Gasteiger partial charge in [0.25, 0.3) is 5.91 Å². The van der Waals surface area contributed by atoms with E-state index in [1.807, 2.05) is 0 Å². The molecule has 13 heteroatoms. The summed E-state index contributed by atoms with van der Waals surface area (Å²) in [4.78, 5) is 64.5. The van der Waals surface area contributed by atoms with Crippen LogP contribution in [-0.2, 0) is 22.7 Å². The van der Waals surface area contributed by atoms with E-state index >= 15 is 0 Å². The lowest BCUT2D eigenvalue weighted by Crippen LogP contribution is -2.49. The number of nitro groups is 1. The van der Waals surface area contributed by atoms with Crippen LogP contribution in [0.1, 0.15) is 36.4 Å². The summed E-state index contributed by atoms with van der Waals surface area (Å²) in [5.41, 5.74) is 0.330.